The summed E-state index contributed by atoms with van der Waals surface area (Å²) in [6, 6.07) is 9.23. The Balaban J connectivity index is 2.01. The molecule has 0 fully saturated rings. The summed E-state index contributed by atoms with van der Waals surface area (Å²) in [6.45, 7) is 3.96. The van der Waals surface area contributed by atoms with Gasteiger partial charge in [0.05, 0.1) is 18.0 Å². The van der Waals surface area contributed by atoms with Gasteiger partial charge in [-0.25, -0.2) is 23.1 Å². The molecule has 0 bridgehead atoms. The molecule has 1 N–H and O–H groups in total. The number of hydrogen-bond donors (Lipinski definition) is 1. The van der Waals surface area contributed by atoms with Crippen LogP contribution in [-0.4, -0.2) is 18.4 Å². The Morgan fingerprint density at radius 1 is 1.15 bits per heavy atom. The van der Waals surface area contributed by atoms with Crippen molar-refractivity contribution in [1.82, 2.24) is 14.7 Å². The number of nitrogens with zero attached hydrogens (tertiary/aromatic N) is 2. The van der Waals surface area contributed by atoms with Gasteiger partial charge in [0.1, 0.15) is 6.33 Å². The molecule has 0 saturated heterocycles. The average molecular weight is 291 g/mol. The molecule has 0 saturated carbocycles. The largest absolute Gasteiger partial charge is 0.242 e. The molecule has 2 rings (SSSR count). The SMILES string of the molecule is Cc1cccc(CS(=O)(=O)NCc2cc(C)ncn2)c1. The van der Waals surface area contributed by atoms with Crippen molar-refractivity contribution in [3.63, 3.8) is 0 Å². The van der Waals surface area contributed by atoms with Gasteiger partial charge in [0.15, 0.2) is 0 Å². The molecule has 0 spiro atoms. The monoisotopic (exact) mass is 291 g/mol. The molecule has 1 aromatic carbocycles. The van der Waals surface area contributed by atoms with Crippen LogP contribution in [0.25, 0.3) is 0 Å². The van der Waals surface area contributed by atoms with Crippen molar-refractivity contribution in [2.75, 3.05) is 0 Å². The summed E-state index contributed by atoms with van der Waals surface area (Å²) in [4.78, 5) is 8.00. The zero-order valence-electron chi connectivity index (χ0n) is 11.5. The second-order valence-corrected chi connectivity index (χ2v) is 6.53. The van der Waals surface area contributed by atoms with Crippen molar-refractivity contribution in [3.05, 3.63) is 59.2 Å². The van der Waals surface area contributed by atoms with Gasteiger partial charge in [-0.3, -0.25) is 0 Å². The van der Waals surface area contributed by atoms with Crippen molar-refractivity contribution in [3.8, 4) is 0 Å². The third-order valence-corrected chi connectivity index (χ3v) is 4.07. The van der Waals surface area contributed by atoms with Crippen LogP contribution in [0.2, 0.25) is 0 Å². The molecule has 20 heavy (non-hydrogen) atoms. The highest BCUT2D eigenvalue weighted by molar-refractivity contribution is 7.88. The molecule has 6 heteroatoms. The van der Waals surface area contributed by atoms with Crippen LogP contribution in [0.1, 0.15) is 22.5 Å². The van der Waals surface area contributed by atoms with Gasteiger partial charge in [-0.2, -0.15) is 0 Å². The fourth-order valence-electron chi connectivity index (χ4n) is 1.86. The van der Waals surface area contributed by atoms with Crippen molar-refractivity contribution < 1.29 is 8.42 Å². The minimum Gasteiger partial charge on any atom is -0.242 e. The van der Waals surface area contributed by atoms with E-state index in [0.717, 1.165) is 16.8 Å². The molecule has 106 valence electrons. The Bertz CT molecular complexity index is 699. The lowest BCUT2D eigenvalue weighted by atomic mass is 10.2. The average Bonchev–Trinajstić information content (AvgIpc) is 2.36. The first-order valence-electron chi connectivity index (χ1n) is 6.25. The zero-order chi connectivity index (χ0) is 14.6. The summed E-state index contributed by atoms with van der Waals surface area (Å²) >= 11 is 0. The second kappa shape index (κ2) is 6.11. The molecule has 0 aliphatic carbocycles. The fraction of sp³-hybridized carbons (Fsp3) is 0.286. The van der Waals surface area contributed by atoms with E-state index in [0.29, 0.717) is 5.69 Å². The Kier molecular flexibility index (Phi) is 4.46. The Morgan fingerprint density at radius 3 is 2.65 bits per heavy atom. The van der Waals surface area contributed by atoms with Crippen LogP contribution in [0.3, 0.4) is 0 Å². The van der Waals surface area contributed by atoms with Gasteiger partial charge >= 0.3 is 0 Å². The van der Waals surface area contributed by atoms with E-state index < -0.39 is 10.0 Å². The van der Waals surface area contributed by atoms with Gasteiger partial charge in [0.2, 0.25) is 10.0 Å². The maximum atomic E-state index is 12.0. The molecular formula is C14H17N3O2S. The third kappa shape index (κ3) is 4.40. The second-order valence-electron chi connectivity index (χ2n) is 4.72. The van der Waals surface area contributed by atoms with Crippen LogP contribution in [0.4, 0.5) is 0 Å². The van der Waals surface area contributed by atoms with Crippen molar-refractivity contribution >= 4 is 10.0 Å². The summed E-state index contributed by atoms with van der Waals surface area (Å²) in [7, 11) is -3.37. The Hall–Kier alpha value is -1.79. The molecule has 5 nitrogen and oxygen atoms in total. The summed E-state index contributed by atoms with van der Waals surface area (Å²) in [5.41, 5.74) is 3.29. The molecule has 0 atom stereocenters. The molecule has 0 unspecified atom stereocenters. The van der Waals surface area contributed by atoms with Gasteiger partial charge in [-0.1, -0.05) is 29.8 Å². The minimum atomic E-state index is -3.37. The lowest BCUT2D eigenvalue weighted by molar-refractivity contribution is 0.579. The lowest BCUT2D eigenvalue weighted by Crippen LogP contribution is -2.25. The van der Waals surface area contributed by atoms with E-state index in [9.17, 15) is 8.42 Å². The van der Waals surface area contributed by atoms with E-state index in [1.54, 1.807) is 12.1 Å². The molecule has 0 aliphatic heterocycles. The highest BCUT2D eigenvalue weighted by Crippen LogP contribution is 2.08. The predicted molar refractivity (Wildman–Crippen MR) is 77.4 cm³/mol. The van der Waals surface area contributed by atoms with Gasteiger partial charge < -0.3 is 0 Å². The van der Waals surface area contributed by atoms with Gasteiger partial charge in [0, 0.05) is 5.69 Å². The van der Waals surface area contributed by atoms with Gasteiger partial charge in [0.25, 0.3) is 0 Å². The third-order valence-electron chi connectivity index (χ3n) is 2.77. The molecular weight excluding hydrogens is 274 g/mol. The van der Waals surface area contributed by atoms with Crippen LogP contribution >= 0.6 is 0 Å². The van der Waals surface area contributed by atoms with E-state index in [1.165, 1.54) is 6.33 Å². The smallest absolute Gasteiger partial charge is 0.216 e. The van der Waals surface area contributed by atoms with E-state index in [-0.39, 0.29) is 12.3 Å². The van der Waals surface area contributed by atoms with Crippen molar-refractivity contribution in [2.24, 2.45) is 0 Å². The van der Waals surface area contributed by atoms with Crippen LogP contribution in [0.5, 0.6) is 0 Å². The molecule has 0 aliphatic rings. The first-order chi connectivity index (χ1) is 9.44. The minimum absolute atomic E-state index is 0.0290. The summed E-state index contributed by atoms with van der Waals surface area (Å²) in [5, 5.41) is 0. The van der Waals surface area contributed by atoms with Gasteiger partial charge in [-0.05, 0) is 25.5 Å². The Morgan fingerprint density at radius 2 is 1.95 bits per heavy atom. The highest BCUT2D eigenvalue weighted by Gasteiger charge is 2.11. The van der Waals surface area contributed by atoms with Crippen LogP contribution in [0, 0.1) is 13.8 Å². The number of nitrogens with one attached hydrogen (secondary N) is 1. The maximum absolute atomic E-state index is 12.0. The van der Waals surface area contributed by atoms with E-state index >= 15 is 0 Å². The van der Waals surface area contributed by atoms with Crippen molar-refractivity contribution in [1.29, 1.82) is 0 Å². The molecule has 1 aromatic heterocycles. The zero-order valence-corrected chi connectivity index (χ0v) is 12.3. The summed E-state index contributed by atoms with van der Waals surface area (Å²) < 4.78 is 26.6. The molecule has 0 radical (unpaired) electrons. The van der Waals surface area contributed by atoms with E-state index in [4.69, 9.17) is 0 Å². The first-order valence-corrected chi connectivity index (χ1v) is 7.90. The Labute approximate surface area is 119 Å². The normalized spacial score (nSPS) is 11.5. The topological polar surface area (TPSA) is 72.0 Å². The molecule has 2 aromatic rings. The number of aryl methyl sites for hydroxylation is 2. The van der Waals surface area contributed by atoms with Crippen LogP contribution in [0.15, 0.2) is 36.7 Å². The highest BCUT2D eigenvalue weighted by atomic mass is 32.2. The number of sulfonamides is 1. The quantitative estimate of drug-likeness (QED) is 0.910. The van der Waals surface area contributed by atoms with Crippen molar-refractivity contribution in [2.45, 2.75) is 26.1 Å². The molecule has 1 heterocycles. The number of hydrogen-bond acceptors (Lipinski definition) is 4. The lowest BCUT2D eigenvalue weighted by Gasteiger charge is -2.07. The fourth-order valence-corrected chi connectivity index (χ4v) is 2.95. The van der Waals surface area contributed by atoms with E-state index in [2.05, 4.69) is 14.7 Å². The summed E-state index contributed by atoms with van der Waals surface area (Å²) in [5.74, 6) is -0.0290. The number of rotatable bonds is 5. The van der Waals surface area contributed by atoms with E-state index in [1.807, 2.05) is 32.0 Å². The first kappa shape index (κ1) is 14.6. The number of benzene rings is 1. The molecule has 0 amide bonds. The maximum Gasteiger partial charge on any atom is 0.216 e. The van der Waals surface area contributed by atoms with Crippen LogP contribution in [-0.2, 0) is 22.3 Å². The standard InChI is InChI=1S/C14H17N3O2S/c1-11-4-3-5-13(6-11)9-20(18,19)17-8-14-7-12(2)15-10-16-14/h3-7,10,17H,8-9H2,1-2H3. The predicted octanol–water partition coefficient (Wildman–Crippen LogP) is 1.71. The van der Waals surface area contributed by atoms with Gasteiger partial charge in [-0.15, -0.1) is 0 Å². The van der Waals surface area contributed by atoms with Crippen LogP contribution < -0.4 is 4.72 Å². The number of aromatic nitrogens is 2. The summed E-state index contributed by atoms with van der Waals surface area (Å²) in [6.07, 6.45) is 1.43.